The predicted molar refractivity (Wildman–Crippen MR) is 124 cm³/mol. The SMILES string of the molecule is O=C1/C(=C/c2ccc(-c3ccc([N+](=O)[O-])cc3Br)o2)SC(=S)N1Cc1ccccc1. The quantitative estimate of drug-likeness (QED) is 0.184. The van der Waals surface area contributed by atoms with E-state index in [1.807, 2.05) is 30.3 Å². The standard InChI is InChI=1S/C21H13BrN2O4S2/c22-17-10-14(24(26)27)6-8-16(17)18-9-7-15(28-18)11-19-20(25)23(21(29)30-19)12-13-4-2-1-3-5-13/h1-11H,12H2/b19-11-. The van der Waals surface area contributed by atoms with Gasteiger partial charge in [-0.05, 0) is 39.7 Å². The molecule has 6 nitrogen and oxygen atoms in total. The van der Waals surface area contributed by atoms with Crippen molar-refractivity contribution in [3.8, 4) is 11.3 Å². The molecule has 0 N–H and O–H groups in total. The van der Waals surface area contributed by atoms with Gasteiger partial charge in [-0.15, -0.1) is 0 Å². The molecule has 2 heterocycles. The number of hydrogen-bond donors (Lipinski definition) is 0. The summed E-state index contributed by atoms with van der Waals surface area (Å²) in [6.45, 7) is 0.419. The van der Waals surface area contributed by atoms with Gasteiger partial charge in [-0.25, -0.2) is 0 Å². The average Bonchev–Trinajstić information content (AvgIpc) is 3.29. The van der Waals surface area contributed by atoms with Gasteiger partial charge in [-0.2, -0.15) is 0 Å². The van der Waals surface area contributed by atoms with E-state index in [2.05, 4.69) is 15.9 Å². The smallest absolute Gasteiger partial charge is 0.270 e. The number of nitro benzene ring substituents is 1. The summed E-state index contributed by atoms with van der Waals surface area (Å²) in [7, 11) is 0. The van der Waals surface area contributed by atoms with Gasteiger partial charge in [-0.1, -0.05) is 54.3 Å². The van der Waals surface area contributed by atoms with E-state index >= 15 is 0 Å². The van der Waals surface area contributed by atoms with Gasteiger partial charge in [0.05, 0.1) is 16.4 Å². The number of nitro groups is 1. The number of halogens is 1. The average molecular weight is 501 g/mol. The summed E-state index contributed by atoms with van der Waals surface area (Å²) < 4.78 is 6.89. The Balaban J connectivity index is 1.55. The maximum Gasteiger partial charge on any atom is 0.270 e. The zero-order valence-corrected chi connectivity index (χ0v) is 18.5. The lowest BCUT2D eigenvalue weighted by Crippen LogP contribution is -2.27. The largest absolute Gasteiger partial charge is 0.457 e. The van der Waals surface area contributed by atoms with Gasteiger partial charge < -0.3 is 4.42 Å². The summed E-state index contributed by atoms with van der Waals surface area (Å²) in [4.78, 5) is 25.3. The van der Waals surface area contributed by atoms with E-state index in [0.717, 1.165) is 5.56 Å². The molecule has 1 aliphatic heterocycles. The Morgan fingerprint density at radius 1 is 1.17 bits per heavy atom. The molecule has 0 spiro atoms. The Bertz CT molecular complexity index is 1190. The van der Waals surface area contributed by atoms with E-state index in [1.165, 1.54) is 23.9 Å². The first kappa shape index (κ1) is 20.5. The summed E-state index contributed by atoms with van der Waals surface area (Å²) in [6, 6.07) is 17.6. The molecule has 30 heavy (non-hydrogen) atoms. The van der Waals surface area contributed by atoms with Crippen LogP contribution in [0.25, 0.3) is 17.4 Å². The van der Waals surface area contributed by atoms with Crippen LogP contribution in [0.4, 0.5) is 5.69 Å². The minimum Gasteiger partial charge on any atom is -0.457 e. The molecule has 0 bridgehead atoms. The fourth-order valence-electron chi connectivity index (χ4n) is 2.92. The fraction of sp³-hybridized carbons (Fsp3) is 0.0476. The molecule has 0 radical (unpaired) electrons. The molecule has 0 unspecified atom stereocenters. The lowest BCUT2D eigenvalue weighted by molar-refractivity contribution is -0.384. The zero-order chi connectivity index (χ0) is 21.3. The van der Waals surface area contributed by atoms with Gasteiger partial charge in [0, 0.05) is 28.2 Å². The van der Waals surface area contributed by atoms with E-state index in [-0.39, 0.29) is 11.6 Å². The van der Waals surface area contributed by atoms with Gasteiger partial charge in [0.1, 0.15) is 15.8 Å². The number of carbonyl (C=O) groups is 1. The zero-order valence-electron chi connectivity index (χ0n) is 15.3. The molecule has 0 saturated carbocycles. The van der Waals surface area contributed by atoms with Gasteiger partial charge in [0.15, 0.2) is 0 Å². The number of thioether (sulfide) groups is 1. The van der Waals surface area contributed by atoms with Gasteiger partial charge in [0.25, 0.3) is 11.6 Å². The summed E-state index contributed by atoms with van der Waals surface area (Å²) >= 11 is 9.96. The van der Waals surface area contributed by atoms with Crippen molar-refractivity contribution in [3.63, 3.8) is 0 Å². The molecule has 0 aliphatic carbocycles. The molecule has 9 heteroatoms. The molecule has 4 rings (SSSR count). The summed E-state index contributed by atoms with van der Waals surface area (Å²) in [5.41, 5.74) is 1.66. The number of non-ortho nitro benzene ring substituents is 1. The number of hydrogen-bond acceptors (Lipinski definition) is 6. The van der Waals surface area contributed by atoms with Crippen LogP contribution in [0.15, 0.2) is 74.5 Å². The first-order chi connectivity index (χ1) is 14.4. The van der Waals surface area contributed by atoms with Crippen molar-refractivity contribution >= 4 is 61.9 Å². The highest BCUT2D eigenvalue weighted by Crippen LogP contribution is 2.36. The van der Waals surface area contributed by atoms with E-state index in [1.54, 1.807) is 29.2 Å². The predicted octanol–water partition coefficient (Wildman–Crippen LogP) is 6.02. The number of furan rings is 1. The number of benzene rings is 2. The second kappa shape index (κ2) is 8.55. The molecule has 1 fully saturated rings. The van der Waals surface area contributed by atoms with E-state index in [9.17, 15) is 14.9 Å². The number of carbonyl (C=O) groups excluding carboxylic acids is 1. The van der Waals surface area contributed by atoms with E-state index in [0.29, 0.717) is 37.3 Å². The Labute approximate surface area is 189 Å². The van der Waals surface area contributed by atoms with Crippen LogP contribution < -0.4 is 0 Å². The van der Waals surface area contributed by atoms with Crippen LogP contribution in [-0.4, -0.2) is 20.1 Å². The molecule has 1 amide bonds. The molecule has 3 aromatic rings. The number of amides is 1. The third-order valence-electron chi connectivity index (χ3n) is 4.39. The van der Waals surface area contributed by atoms with E-state index < -0.39 is 4.92 Å². The summed E-state index contributed by atoms with van der Waals surface area (Å²) in [5, 5.41) is 10.9. The molecule has 1 saturated heterocycles. The highest BCUT2D eigenvalue weighted by atomic mass is 79.9. The van der Waals surface area contributed by atoms with Gasteiger partial charge in [0.2, 0.25) is 0 Å². The Morgan fingerprint density at radius 3 is 2.63 bits per heavy atom. The molecule has 1 aliphatic rings. The molecule has 1 aromatic heterocycles. The van der Waals surface area contributed by atoms with E-state index in [4.69, 9.17) is 16.6 Å². The lowest BCUT2D eigenvalue weighted by Gasteiger charge is -2.14. The first-order valence-electron chi connectivity index (χ1n) is 8.76. The van der Waals surface area contributed by atoms with Gasteiger partial charge in [-0.3, -0.25) is 19.8 Å². The van der Waals surface area contributed by atoms with Crippen molar-refractivity contribution in [2.45, 2.75) is 6.54 Å². The van der Waals surface area contributed by atoms with Crippen molar-refractivity contribution < 1.29 is 14.1 Å². The maximum absolute atomic E-state index is 12.8. The minimum atomic E-state index is -0.459. The van der Waals surface area contributed by atoms with Crippen LogP contribution in [-0.2, 0) is 11.3 Å². The van der Waals surface area contributed by atoms with Crippen LogP contribution in [0, 0.1) is 10.1 Å². The molecule has 150 valence electrons. The minimum absolute atomic E-state index is 0.0144. The third-order valence-corrected chi connectivity index (χ3v) is 6.42. The van der Waals surface area contributed by atoms with Crippen LogP contribution in [0.5, 0.6) is 0 Å². The summed E-state index contributed by atoms with van der Waals surface area (Å²) in [6.07, 6.45) is 1.66. The van der Waals surface area contributed by atoms with Crippen LogP contribution in [0.1, 0.15) is 11.3 Å². The highest BCUT2D eigenvalue weighted by Gasteiger charge is 2.32. The Hall–Kier alpha value is -2.75. The summed E-state index contributed by atoms with van der Waals surface area (Å²) in [5.74, 6) is 0.863. The van der Waals surface area contributed by atoms with Crippen molar-refractivity contribution in [2.75, 3.05) is 0 Å². The number of rotatable bonds is 5. The lowest BCUT2D eigenvalue weighted by atomic mass is 10.1. The molecular formula is C21H13BrN2O4S2. The third kappa shape index (κ3) is 4.23. The highest BCUT2D eigenvalue weighted by molar-refractivity contribution is 9.10. The van der Waals surface area contributed by atoms with Gasteiger partial charge >= 0.3 is 0 Å². The molecular weight excluding hydrogens is 488 g/mol. The first-order valence-corrected chi connectivity index (χ1v) is 10.8. The van der Waals surface area contributed by atoms with Crippen LogP contribution >= 0.6 is 39.9 Å². The topological polar surface area (TPSA) is 76.6 Å². The second-order valence-corrected chi connectivity index (χ2v) is 8.91. The number of thiocarbonyl (C=S) groups is 1. The monoisotopic (exact) mass is 500 g/mol. The molecule has 0 atom stereocenters. The maximum atomic E-state index is 12.8. The fourth-order valence-corrected chi connectivity index (χ4v) is 4.72. The van der Waals surface area contributed by atoms with Crippen molar-refractivity contribution in [3.05, 3.63) is 91.5 Å². The Morgan fingerprint density at radius 2 is 1.93 bits per heavy atom. The van der Waals surface area contributed by atoms with Crippen molar-refractivity contribution in [1.82, 2.24) is 4.90 Å². The normalized spacial score (nSPS) is 15.2. The van der Waals surface area contributed by atoms with Crippen molar-refractivity contribution in [2.24, 2.45) is 0 Å². The van der Waals surface area contributed by atoms with Crippen LogP contribution in [0.3, 0.4) is 0 Å². The van der Waals surface area contributed by atoms with Crippen molar-refractivity contribution in [1.29, 1.82) is 0 Å². The number of nitrogens with zero attached hydrogens (tertiary/aromatic N) is 2. The molecule has 2 aromatic carbocycles. The second-order valence-electron chi connectivity index (χ2n) is 6.38. The van der Waals surface area contributed by atoms with Crippen LogP contribution in [0.2, 0.25) is 0 Å². The Kier molecular flexibility index (Phi) is 5.85.